The van der Waals surface area contributed by atoms with Gasteiger partial charge in [-0.2, -0.15) is 0 Å². The first-order valence-electron chi connectivity index (χ1n) is 7.09. The highest BCUT2D eigenvalue weighted by molar-refractivity contribution is 5.95. The van der Waals surface area contributed by atoms with Crippen molar-refractivity contribution in [2.75, 3.05) is 6.61 Å². The van der Waals surface area contributed by atoms with Crippen LogP contribution in [0.25, 0.3) is 0 Å². The van der Waals surface area contributed by atoms with Crippen molar-refractivity contribution in [2.24, 2.45) is 17.1 Å². The maximum atomic E-state index is 12.3. The molecule has 1 aromatic heterocycles. The number of pyridine rings is 1. The van der Waals surface area contributed by atoms with Gasteiger partial charge in [0.25, 0.3) is 5.91 Å². The van der Waals surface area contributed by atoms with Crippen LogP contribution in [0.5, 0.6) is 0 Å². The van der Waals surface area contributed by atoms with Gasteiger partial charge in [-0.1, -0.05) is 13.8 Å². The molecule has 1 aliphatic carbocycles. The molecular weight excluding hydrogens is 270 g/mol. The van der Waals surface area contributed by atoms with Crippen molar-refractivity contribution in [3.8, 4) is 0 Å². The second-order valence-corrected chi connectivity index (χ2v) is 6.31. The number of ether oxygens (including phenoxy) is 1. The summed E-state index contributed by atoms with van der Waals surface area (Å²) in [7, 11) is 0. The Balaban J connectivity index is 1.70. The Morgan fingerprint density at radius 3 is 2.81 bits per heavy atom. The number of aromatic nitrogens is 1. The van der Waals surface area contributed by atoms with E-state index in [2.05, 4.69) is 24.1 Å². The van der Waals surface area contributed by atoms with E-state index in [4.69, 9.17) is 10.5 Å². The van der Waals surface area contributed by atoms with E-state index in [1.807, 2.05) is 0 Å². The lowest BCUT2D eigenvalue weighted by molar-refractivity contribution is -0.108. The van der Waals surface area contributed by atoms with Gasteiger partial charge in [0.15, 0.2) is 0 Å². The minimum Gasteiger partial charge on any atom is -0.377 e. The van der Waals surface area contributed by atoms with Crippen molar-refractivity contribution >= 4 is 11.8 Å². The summed E-state index contributed by atoms with van der Waals surface area (Å²) < 4.78 is 5.71. The number of carbonyl (C=O) groups excluding carboxylic acids is 2. The highest BCUT2D eigenvalue weighted by Crippen LogP contribution is 2.52. The molecule has 2 heterocycles. The summed E-state index contributed by atoms with van der Waals surface area (Å²) in [5.41, 5.74) is 5.67. The summed E-state index contributed by atoms with van der Waals surface area (Å²) in [6.45, 7) is 4.97. The Kier molecular flexibility index (Phi) is 3.20. The molecule has 2 aliphatic rings. The molecule has 3 unspecified atom stereocenters. The molecule has 0 radical (unpaired) electrons. The van der Waals surface area contributed by atoms with Gasteiger partial charge in [-0.3, -0.25) is 14.6 Å². The molecule has 1 saturated carbocycles. The number of nitrogens with zero attached hydrogens (tertiary/aromatic N) is 1. The standard InChI is InChI=1S/C15H19N3O3/c1-15(2)11(9-5-6-21-12(9)15)18-14(20)10-4-3-8(7-17-10)13(16)19/h3-4,7,9,11-12H,5-6H2,1-2H3,(H2,16,19)(H,18,20). The predicted octanol–water partition coefficient (Wildman–Crippen LogP) is 0.724. The molecule has 2 fully saturated rings. The molecule has 6 heteroatoms. The Morgan fingerprint density at radius 1 is 1.43 bits per heavy atom. The quantitative estimate of drug-likeness (QED) is 0.857. The molecule has 3 N–H and O–H groups in total. The lowest BCUT2D eigenvalue weighted by atomic mass is 9.57. The Hall–Kier alpha value is -1.95. The third-order valence-electron chi connectivity index (χ3n) is 4.67. The second kappa shape index (κ2) is 4.80. The van der Waals surface area contributed by atoms with Crippen LogP contribution in [-0.4, -0.2) is 35.6 Å². The Morgan fingerprint density at radius 2 is 2.19 bits per heavy atom. The summed E-state index contributed by atoms with van der Waals surface area (Å²) in [6.07, 6.45) is 2.53. The summed E-state index contributed by atoms with van der Waals surface area (Å²) >= 11 is 0. The molecule has 1 aromatic rings. The number of nitrogens with one attached hydrogen (secondary N) is 1. The van der Waals surface area contributed by atoms with Crippen LogP contribution in [0.2, 0.25) is 0 Å². The average Bonchev–Trinajstić information content (AvgIpc) is 2.91. The average molecular weight is 289 g/mol. The van der Waals surface area contributed by atoms with Gasteiger partial charge in [-0.25, -0.2) is 0 Å². The maximum absolute atomic E-state index is 12.3. The number of carbonyl (C=O) groups is 2. The summed E-state index contributed by atoms with van der Waals surface area (Å²) in [6, 6.07) is 3.12. The maximum Gasteiger partial charge on any atom is 0.270 e. The zero-order valence-electron chi connectivity index (χ0n) is 12.1. The smallest absolute Gasteiger partial charge is 0.270 e. The molecule has 0 aromatic carbocycles. The van der Waals surface area contributed by atoms with E-state index >= 15 is 0 Å². The molecule has 3 rings (SSSR count). The lowest BCUT2D eigenvalue weighted by Gasteiger charge is -2.54. The fraction of sp³-hybridized carbons (Fsp3) is 0.533. The lowest BCUT2D eigenvalue weighted by Crippen LogP contribution is -2.66. The molecule has 6 nitrogen and oxygen atoms in total. The van der Waals surface area contributed by atoms with Crippen LogP contribution in [0.3, 0.4) is 0 Å². The largest absolute Gasteiger partial charge is 0.377 e. The van der Waals surface area contributed by atoms with Crippen LogP contribution >= 0.6 is 0 Å². The van der Waals surface area contributed by atoms with Crippen molar-refractivity contribution in [2.45, 2.75) is 32.4 Å². The summed E-state index contributed by atoms with van der Waals surface area (Å²) in [5, 5.41) is 3.05. The van der Waals surface area contributed by atoms with E-state index in [9.17, 15) is 9.59 Å². The summed E-state index contributed by atoms with van der Waals surface area (Å²) in [4.78, 5) is 27.3. The number of primary amides is 1. The third kappa shape index (κ3) is 2.19. The first-order valence-corrected chi connectivity index (χ1v) is 7.09. The van der Waals surface area contributed by atoms with E-state index in [0.29, 0.717) is 11.5 Å². The number of amides is 2. The highest BCUT2D eigenvalue weighted by Gasteiger charge is 2.59. The normalized spacial score (nSPS) is 29.3. The molecule has 0 spiro atoms. The third-order valence-corrected chi connectivity index (χ3v) is 4.67. The van der Waals surface area contributed by atoms with E-state index in [1.165, 1.54) is 18.3 Å². The van der Waals surface area contributed by atoms with Gasteiger partial charge < -0.3 is 15.8 Å². The molecular formula is C15H19N3O3. The molecule has 112 valence electrons. The second-order valence-electron chi connectivity index (χ2n) is 6.31. The van der Waals surface area contributed by atoms with Gasteiger partial charge in [0.1, 0.15) is 5.69 Å². The molecule has 3 atom stereocenters. The molecule has 21 heavy (non-hydrogen) atoms. The van der Waals surface area contributed by atoms with Crippen molar-refractivity contribution in [1.82, 2.24) is 10.3 Å². The molecule has 1 saturated heterocycles. The van der Waals surface area contributed by atoms with Crippen molar-refractivity contribution in [3.05, 3.63) is 29.6 Å². The van der Waals surface area contributed by atoms with Crippen molar-refractivity contribution < 1.29 is 14.3 Å². The minimum atomic E-state index is -0.555. The number of fused-ring (bicyclic) bond motifs is 1. The molecule has 0 bridgehead atoms. The number of hydrogen-bond donors (Lipinski definition) is 2. The van der Waals surface area contributed by atoms with Crippen LogP contribution < -0.4 is 11.1 Å². The van der Waals surface area contributed by atoms with E-state index < -0.39 is 5.91 Å². The first-order chi connectivity index (χ1) is 9.91. The number of hydrogen-bond acceptors (Lipinski definition) is 4. The van der Waals surface area contributed by atoms with Gasteiger partial charge in [0.05, 0.1) is 11.7 Å². The van der Waals surface area contributed by atoms with E-state index in [0.717, 1.165) is 13.0 Å². The van der Waals surface area contributed by atoms with Gasteiger partial charge in [-0.15, -0.1) is 0 Å². The van der Waals surface area contributed by atoms with Gasteiger partial charge >= 0.3 is 0 Å². The minimum absolute atomic E-state index is 0.0655. The zero-order chi connectivity index (χ0) is 15.2. The van der Waals surface area contributed by atoms with Gasteiger partial charge in [-0.05, 0) is 18.6 Å². The Bertz CT molecular complexity index is 582. The van der Waals surface area contributed by atoms with Gasteiger partial charge in [0.2, 0.25) is 5.91 Å². The monoisotopic (exact) mass is 289 g/mol. The predicted molar refractivity (Wildman–Crippen MR) is 75.6 cm³/mol. The highest BCUT2D eigenvalue weighted by atomic mass is 16.5. The van der Waals surface area contributed by atoms with Crippen LogP contribution in [0.1, 0.15) is 41.1 Å². The van der Waals surface area contributed by atoms with E-state index in [-0.39, 0.29) is 29.2 Å². The SMILES string of the molecule is CC1(C)C(NC(=O)c2ccc(C(N)=O)cn2)C2CCOC21. The number of nitrogens with two attached hydrogens (primary N) is 1. The fourth-order valence-electron chi connectivity index (χ4n) is 3.51. The molecule has 1 aliphatic heterocycles. The van der Waals surface area contributed by atoms with Crippen LogP contribution in [0.4, 0.5) is 0 Å². The molecule has 2 amide bonds. The fourth-order valence-corrected chi connectivity index (χ4v) is 3.51. The van der Waals surface area contributed by atoms with Crippen LogP contribution in [0.15, 0.2) is 18.3 Å². The van der Waals surface area contributed by atoms with Crippen LogP contribution in [0, 0.1) is 11.3 Å². The van der Waals surface area contributed by atoms with E-state index in [1.54, 1.807) is 0 Å². The first kappa shape index (κ1) is 14.0. The van der Waals surface area contributed by atoms with Gasteiger partial charge in [0, 0.05) is 30.2 Å². The van der Waals surface area contributed by atoms with Crippen LogP contribution in [-0.2, 0) is 4.74 Å². The summed E-state index contributed by atoms with van der Waals surface area (Å²) in [5.74, 6) is -0.399. The topological polar surface area (TPSA) is 94.3 Å². The number of rotatable bonds is 3. The van der Waals surface area contributed by atoms with Crippen molar-refractivity contribution in [1.29, 1.82) is 0 Å². The Labute approximate surface area is 123 Å². The zero-order valence-corrected chi connectivity index (χ0v) is 12.1. The van der Waals surface area contributed by atoms with Crippen molar-refractivity contribution in [3.63, 3.8) is 0 Å².